The molecule has 104 valence electrons. The van der Waals surface area contributed by atoms with E-state index in [4.69, 9.17) is 4.74 Å². The third-order valence-electron chi connectivity index (χ3n) is 2.37. The van der Waals surface area contributed by atoms with Gasteiger partial charge >= 0.3 is 11.2 Å². The van der Waals surface area contributed by atoms with E-state index in [2.05, 4.69) is 10.9 Å². The highest BCUT2D eigenvalue weighted by atomic mass is 32.2. The van der Waals surface area contributed by atoms with E-state index < -0.39 is 5.97 Å². The van der Waals surface area contributed by atoms with Crippen LogP contribution in [0.15, 0.2) is 23.1 Å². The van der Waals surface area contributed by atoms with Crippen molar-refractivity contribution in [3.05, 3.63) is 29.3 Å². The number of methoxy groups -OCH3 is 1. The first-order valence-electron chi connectivity index (χ1n) is 5.59. The number of nitrogens with zero attached hydrogens (tertiary/aromatic N) is 1. The van der Waals surface area contributed by atoms with Gasteiger partial charge in [-0.1, -0.05) is 6.07 Å². The Kier molecular flexibility index (Phi) is 5.81. The molecule has 6 nitrogen and oxygen atoms in total. The number of esters is 1. The minimum Gasteiger partial charge on any atom is -0.465 e. The third-order valence-corrected chi connectivity index (χ3v) is 3.28. The molecule has 2 N–H and O–H groups in total. The molecule has 0 radical (unpaired) electrons. The third kappa shape index (κ3) is 3.95. The van der Waals surface area contributed by atoms with Crippen molar-refractivity contribution in [3.8, 4) is 0 Å². The van der Waals surface area contributed by atoms with Crippen molar-refractivity contribution in [2.24, 2.45) is 0 Å². The molecule has 0 spiro atoms. The number of nitrogens with one attached hydrogen (secondary N) is 2. The van der Waals surface area contributed by atoms with Crippen LogP contribution in [0.25, 0.3) is 0 Å². The van der Waals surface area contributed by atoms with Crippen molar-refractivity contribution in [2.45, 2.75) is 11.8 Å². The summed E-state index contributed by atoms with van der Waals surface area (Å²) < 4.78 is 4.70. The zero-order chi connectivity index (χ0) is 14.4. The van der Waals surface area contributed by atoms with Gasteiger partial charge in [-0.15, -0.1) is 0 Å². The molecule has 0 unspecified atom stereocenters. The lowest BCUT2D eigenvalue weighted by atomic mass is 10.1. The largest absolute Gasteiger partial charge is 0.465 e. The number of hydrazine groups is 2. The monoisotopic (exact) mass is 283 g/mol. The van der Waals surface area contributed by atoms with Crippen LogP contribution in [0.3, 0.4) is 0 Å². The Morgan fingerprint density at radius 2 is 1.89 bits per heavy atom. The maximum absolute atomic E-state index is 12.0. The van der Waals surface area contributed by atoms with Gasteiger partial charge in [0.05, 0.1) is 12.7 Å². The Morgan fingerprint density at radius 1 is 1.26 bits per heavy atom. The molecule has 0 heterocycles. The summed E-state index contributed by atoms with van der Waals surface area (Å²) in [7, 11) is 4.55. The minimum atomic E-state index is -0.462. The second-order valence-electron chi connectivity index (χ2n) is 3.64. The van der Waals surface area contributed by atoms with Gasteiger partial charge in [-0.3, -0.25) is 4.79 Å². The summed E-state index contributed by atoms with van der Waals surface area (Å²) in [6.07, 6.45) is 0. The summed E-state index contributed by atoms with van der Waals surface area (Å²) in [5, 5.41) is 0.939. The first-order valence-corrected chi connectivity index (χ1v) is 6.40. The lowest BCUT2D eigenvalue weighted by molar-refractivity contribution is 0.0597. The maximum atomic E-state index is 12.0. The van der Waals surface area contributed by atoms with Crippen molar-refractivity contribution in [1.29, 1.82) is 0 Å². The summed E-state index contributed by atoms with van der Waals surface area (Å²) in [5.41, 5.74) is 6.70. The van der Waals surface area contributed by atoms with Crippen LogP contribution in [-0.2, 0) is 4.74 Å². The van der Waals surface area contributed by atoms with Crippen molar-refractivity contribution in [2.75, 3.05) is 21.2 Å². The van der Waals surface area contributed by atoms with E-state index >= 15 is 0 Å². The number of thioether (sulfide) groups is 1. The Hall–Kier alpha value is -1.57. The van der Waals surface area contributed by atoms with Crippen molar-refractivity contribution >= 4 is 23.0 Å². The zero-order valence-electron chi connectivity index (χ0n) is 11.3. The Morgan fingerprint density at radius 3 is 2.42 bits per heavy atom. The highest BCUT2D eigenvalue weighted by Crippen LogP contribution is 2.26. The maximum Gasteiger partial charge on any atom is 0.339 e. The van der Waals surface area contributed by atoms with Gasteiger partial charge in [-0.2, -0.15) is 5.12 Å². The molecule has 0 aromatic heterocycles. The Balaban J connectivity index is 3.02. The number of carbonyl (C=O) groups is 2. The Labute approximate surface area is 116 Å². The number of ether oxygens (including phenoxy) is 1. The smallest absolute Gasteiger partial charge is 0.339 e. The average molecular weight is 283 g/mol. The molecule has 0 aliphatic carbocycles. The number of aryl methyl sites for hydroxylation is 1. The van der Waals surface area contributed by atoms with Crippen LogP contribution in [0.4, 0.5) is 4.79 Å². The summed E-state index contributed by atoms with van der Waals surface area (Å²) >= 11 is 0.947. The molecule has 0 fully saturated rings. The number of carbonyl (C=O) groups excluding carboxylic acids is 2. The van der Waals surface area contributed by atoms with Crippen molar-refractivity contribution in [1.82, 2.24) is 16.0 Å². The molecule has 0 atom stereocenters. The van der Waals surface area contributed by atoms with Gasteiger partial charge in [0, 0.05) is 19.0 Å². The molecule has 19 heavy (non-hydrogen) atoms. The quantitative estimate of drug-likeness (QED) is 0.496. The Bertz CT molecular complexity index is 475. The molecular formula is C12H17N3O3S. The number of hydrogen-bond donors (Lipinski definition) is 2. The van der Waals surface area contributed by atoms with Crippen LogP contribution in [-0.4, -0.2) is 37.5 Å². The first-order chi connectivity index (χ1) is 9.03. The van der Waals surface area contributed by atoms with Crippen LogP contribution in [0.1, 0.15) is 15.9 Å². The topological polar surface area (TPSA) is 70.7 Å². The number of amides is 1. The van der Waals surface area contributed by atoms with E-state index in [1.165, 1.54) is 12.2 Å². The normalized spacial score (nSPS) is 10.1. The van der Waals surface area contributed by atoms with Gasteiger partial charge in [0.1, 0.15) is 0 Å². The molecule has 0 saturated heterocycles. The fraction of sp³-hybridized carbons (Fsp3) is 0.333. The predicted octanol–water partition coefficient (Wildman–Crippen LogP) is 1.56. The fourth-order valence-electron chi connectivity index (χ4n) is 1.43. The molecule has 0 aliphatic rings. The molecule has 1 aromatic rings. The summed E-state index contributed by atoms with van der Waals surface area (Å²) in [6, 6.07) is 5.23. The molecule has 0 bridgehead atoms. The molecule has 0 saturated carbocycles. The van der Waals surface area contributed by atoms with E-state index in [9.17, 15) is 9.59 Å². The molecule has 0 aliphatic heterocycles. The van der Waals surface area contributed by atoms with E-state index in [0.29, 0.717) is 10.5 Å². The summed E-state index contributed by atoms with van der Waals surface area (Å²) in [4.78, 5) is 24.2. The lowest BCUT2D eigenvalue weighted by Crippen LogP contribution is -2.46. The average Bonchev–Trinajstić information content (AvgIpc) is 2.39. The van der Waals surface area contributed by atoms with Gasteiger partial charge < -0.3 is 4.74 Å². The number of hydrogen-bond acceptors (Lipinski definition) is 6. The minimum absolute atomic E-state index is 0.277. The van der Waals surface area contributed by atoms with E-state index in [-0.39, 0.29) is 5.24 Å². The lowest BCUT2D eigenvalue weighted by Gasteiger charge is -2.19. The fourth-order valence-corrected chi connectivity index (χ4v) is 2.39. The van der Waals surface area contributed by atoms with Gasteiger partial charge in [0.25, 0.3) is 0 Å². The van der Waals surface area contributed by atoms with Crippen LogP contribution in [0.2, 0.25) is 0 Å². The molecule has 1 amide bonds. The van der Waals surface area contributed by atoms with E-state index in [1.54, 1.807) is 32.3 Å². The number of benzene rings is 1. The van der Waals surface area contributed by atoms with Crippen molar-refractivity contribution < 1.29 is 14.3 Å². The van der Waals surface area contributed by atoms with Gasteiger partial charge in [0.2, 0.25) is 0 Å². The van der Waals surface area contributed by atoms with Gasteiger partial charge in [-0.25, -0.2) is 15.6 Å². The molecule has 7 heteroatoms. The van der Waals surface area contributed by atoms with Crippen LogP contribution >= 0.6 is 11.8 Å². The summed E-state index contributed by atoms with van der Waals surface area (Å²) in [5.74, 6) is -0.462. The standard InChI is InChI=1S/C12H17N3O3S/c1-8-5-6-9(11(16)18-4)10(7-8)19-12(17)15(13-2)14-3/h5-7,13-14H,1-4H3. The first kappa shape index (κ1) is 15.5. The van der Waals surface area contributed by atoms with Gasteiger partial charge in [0.15, 0.2) is 0 Å². The second kappa shape index (κ2) is 7.13. The van der Waals surface area contributed by atoms with E-state index in [1.807, 2.05) is 6.92 Å². The predicted molar refractivity (Wildman–Crippen MR) is 73.7 cm³/mol. The highest BCUT2D eigenvalue weighted by Gasteiger charge is 2.18. The van der Waals surface area contributed by atoms with Gasteiger partial charge in [-0.05, 0) is 36.4 Å². The molecular weight excluding hydrogens is 266 g/mol. The highest BCUT2D eigenvalue weighted by molar-refractivity contribution is 8.13. The van der Waals surface area contributed by atoms with Crippen molar-refractivity contribution in [3.63, 3.8) is 0 Å². The van der Waals surface area contributed by atoms with Crippen LogP contribution in [0, 0.1) is 6.92 Å². The number of rotatable bonds is 4. The van der Waals surface area contributed by atoms with E-state index in [0.717, 1.165) is 17.3 Å². The SMILES string of the molecule is CNN(NC)C(=O)Sc1cc(C)ccc1C(=O)OC. The zero-order valence-corrected chi connectivity index (χ0v) is 12.1. The molecule has 1 aromatic carbocycles. The second-order valence-corrected chi connectivity index (χ2v) is 4.63. The van der Waals surface area contributed by atoms with Crippen LogP contribution in [0.5, 0.6) is 0 Å². The van der Waals surface area contributed by atoms with Crippen LogP contribution < -0.4 is 10.9 Å². The summed E-state index contributed by atoms with van der Waals surface area (Å²) in [6.45, 7) is 1.89. The molecule has 1 rings (SSSR count).